The van der Waals surface area contributed by atoms with Crippen LogP contribution < -0.4 is 17.3 Å². The predicted octanol–water partition coefficient (Wildman–Crippen LogP) is -0.915. The number of carbonyl (C=O) groups excluding carboxylic acids is 1. The van der Waals surface area contributed by atoms with Gasteiger partial charge in [0.15, 0.2) is 0 Å². The molecule has 1 fully saturated rings. The molecule has 1 aliphatic rings. The van der Waals surface area contributed by atoms with E-state index in [1.807, 2.05) is 47.4 Å². The first-order valence-corrected chi connectivity index (χ1v) is 9.87. The van der Waals surface area contributed by atoms with Crippen LogP contribution in [-0.2, 0) is 10.2 Å². The molecule has 2 atom stereocenters. The molecule has 150 valence electrons. The highest BCUT2D eigenvalue weighted by Gasteiger charge is 2.46. The highest BCUT2D eigenvalue weighted by Crippen LogP contribution is 2.37. The summed E-state index contributed by atoms with van der Waals surface area (Å²) in [7, 11) is 2.15. The molecule has 0 aliphatic carbocycles. The molecular weight excluding hydrogens is 370 g/mol. The number of aromatic nitrogens is 1. The Kier molecular flexibility index (Phi) is 8.21. The van der Waals surface area contributed by atoms with E-state index in [2.05, 4.69) is 30.7 Å². The maximum absolute atomic E-state index is 13.9. The van der Waals surface area contributed by atoms with Crippen LogP contribution in [0.1, 0.15) is 30.5 Å². The third kappa shape index (κ3) is 4.62. The second-order valence-electron chi connectivity index (χ2n) is 7.44. The fourth-order valence-electron chi connectivity index (χ4n) is 4.04. The average Bonchev–Trinajstić information content (AvgIpc) is 3.25. The number of hydrogen-bond acceptors (Lipinski definition) is 2. The van der Waals surface area contributed by atoms with E-state index in [-0.39, 0.29) is 18.3 Å². The van der Waals surface area contributed by atoms with E-state index in [0.29, 0.717) is 0 Å². The van der Waals surface area contributed by atoms with Crippen LogP contribution in [-0.4, -0.2) is 49.0 Å². The molecule has 4 nitrogen and oxygen atoms in total. The zero-order valence-corrected chi connectivity index (χ0v) is 17.4. The average molecular weight is 400 g/mol. The van der Waals surface area contributed by atoms with Crippen LogP contribution in [0.25, 0.3) is 0 Å². The number of nitrogens with zero attached hydrogens (tertiary/aromatic N) is 2. The zero-order valence-electron chi connectivity index (χ0n) is 16.6. The minimum Gasteiger partial charge on any atom is -1.00 e. The van der Waals surface area contributed by atoms with Gasteiger partial charge < -0.3 is 22.2 Å². The summed E-state index contributed by atoms with van der Waals surface area (Å²) in [4.78, 5) is 21.9. The number of likely N-dealkylation sites (tertiary alicyclic amines) is 1. The van der Waals surface area contributed by atoms with Crippen LogP contribution in [0, 0.1) is 0 Å². The zero-order chi connectivity index (χ0) is 19.1. The van der Waals surface area contributed by atoms with Gasteiger partial charge in [0.25, 0.3) is 0 Å². The molecule has 28 heavy (non-hydrogen) atoms. The van der Waals surface area contributed by atoms with Gasteiger partial charge in [-0.1, -0.05) is 43.0 Å². The van der Waals surface area contributed by atoms with Crippen LogP contribution in [0.5, 0.6) is 0 Å². The minimum atomic E-state index is -0.741. The number of pyridine rings is 1. The maximum Gasteiger partial charge on any atom is 0.239 e. The van der Waals surface area contributed by atoms with Gasteiger partial charge in [-0.3, -0.25) is 9.78 Å². The van der Waals surface area contributed by atoms with Crippen molar-refractivity contribution in [3.8, 4) is 0 Å². The van der Waals surface area contributed by atoms with Gasteiger partial charge in [0.2, 0.25) is 5.91 Å². The van der Waals surface area contributed by atoms with Gasteiger partial charge in [0.05, 0.1) is 25.8 Å². The van der Waals surface area contributed by atoms with Crippen molar-refractivity contribution < 1.29 is 22.1 Å². The molecular formula is C23H30ClN3O. The van der Waals surface area contributed by atoms with Gasteiger partial charge in [-0.05, 0) is 36.6 Å². The molecule has 5 heteroatoms. The summed E-state index contributed by atoms with van der Waals surface area (Å²) in [5.74, 6) is 0.191. The molecule has 1 aliphatic heterocycles. The number of halogens is 1. The number of benzene rings is 1. The van der Waals surface area contributed by atoms with Crippen LogP contribution >= 0.6 is 0 Å². The first-order valence-electron chi connectivity index (χ1n) is 9.87. The molecule has 0 spiro atoms. The number of nitrogens with one attached hydrogen (secondary N) is 1. The van der Waals surface area contributed by atoms with Crippen molar-refractivity contribution >= 4 is 5.91 Å². The Hall–Kier alpha value is -2.17. The van der Waals surface area contributed by atoms with Gasteiger partial charge in [0.1, 0.15) is 5.41 Å². The molecule has 2 aromatic rings. The summed E-state index contributed by atoms with van der Waals surface area (Å²) in [5, 5.41) is 0. The van der Waals surface area contributed by atoms with Gasteiger partial charge in [-0.2, -0.15) is 0 Å². The molecule has 1 aromatic heterocycles. The van der Waals surface area contributed by atoms with Gasteiger partial charge in [-0.25, -0.2) is 0 Å². The Bertz CT molecular complexity index is 705. The second kappa shape index (κ2) is 10.4. The maximum atomic E-state index is 13.9. The Morgan fingerprint density at radius 3 is 2.46 bits per heavy atom. The Morgan fingerprint density at radius 1 is 1.18 bits per heavy atom. The largest absolute Gasteiger partial charge is 1.00 e. The highest BCUT2D eigenvalue weighted by molar-refractivity contribution is 5.91. The lowest BCUT2D eigenvalue weighted by molar-refractivity contribution is -0.873. The second-order valence-corrected chi connectivity index (χ2v) is 7.44. The smallest absolute Gasteiger partial charge is 0.239 e. The number of likely N-dealkylation sites (N-methyl/N-ethyl adjacent to an activating group) is 1. The lowest BCUT2D eigenvalue weighted by atomic mass is 9.73. The van der Waals surface area contributed by atoms with Crippen molar-refractivity contribution in [2.75, 3.05) is 33.2 Å². The summed E-state index contributed by atoms with van der Waals surface area (Å²) in [6.07, 6.45) is 6.62. The number of carbonyl (C=O) groups is 1. The van der Waals surface area contributed by atoms with Gasteiger partial charge in [-0.15, -0.1) is 0 Å². The Labute approximate surface area is 174 Å². The van der Waals surface area contributed by atoms with E-state index in [1.165, 1.54) is 4.90 Å². The van der Waals surface area contributed by atoms with E-state index in [0.717, 1.165) is 56.7 Å². The standard InChI is InChI=1S/C23H29N3O.ClH/c1-3-16-25(2)19-14-23(20-11-5-4-6-12-20,21-13-7-8-15-24-21)22(27)26-17-9-10-18-26;/h3-8,11-13,15H,1,9-10,14,16-19H2,2H3;1H. The molecule has 1 amide bonds. The SMILES string of the molecule is C=CC[NH+](C)CCC(C(=O)N1CCCC1)(c1ccccc1)c1ccccn1.[Cl-]. The van der Waals surface area contributed by atoms with Crippen molar-refractivity contribution in [1.82, 2.24) is 9.88 Å². The van der Waals surface area contributed by atoms with Crippen molar-refractivity contribution in [3.63, 3.8) is 0 Å². The van der Waals surface area contributed by atoms with Crippen molar-refractivity contribution in [2.24, 2.45) is 0 Å². The van der Waals surface area contributed by atoms with Gasteiger partial charge >= 0.3 is 0 Å². The van der Waals surface area contributed by atoms with Crippen LogP contribution in [0.4, 0.5) is 0 Å². The van der Waals surface area contributed by atoms with E-state index < -0.39 is 5.41 Å². The molecule has 1 saturated heterocycles. The monoisotopic (exact) mass is 399 g/mol. The fraction of sp³-hybridized carbons (Fsp3) is 0.391. The summed E-state index contributed by atoms with van der Waals surface area (Å²) < 4.78 is 0. The molecule has 1 N–H and O–H groups in total. The molecule has 2 heterocycles. The lowest BCUT2D eigenvalue weighted by Crippen LogP contribution is -3.09. The van der Waals surface area contributed by atoms with E-state index in [4.69, 9.17) is 0 Å². The Balaban J connectivity index is 0.00000280. The fourth-order valence-corrected chi connectivity index (χ4v) is 4.04. The first kappa shape index (κ1) is 22.1. The summed E-state index contributed by atoms with van der Waals surface area (Å²) in [6.45, 7) is 7.29. The number of rotatable bonds is 8. The predicted molar refractivity (Wildman–Crippen MR) is 109 cm³/mol. The van der Waals surface area contributed by atoms with E-state index >= 15 is 0 Å². The molecule has 3 rings (SSSR count). The van der Waals surface area contributed by atoms with Crippen molar-refractivity contribution in [2.45, 2.75) is 24.7 Å². The quantitative estimate of drug-likeness (QED) is 0.583. The van der Waals surface area contributed by atoms with Crippen LogP contribution in [0.15, 0.2) is 67.4 Å². The summed E-state index contributed by atoms with van der Waals surface area (Å²) in [6, 6.07) is 16.1. The third-order valence-corrected chi connectivity index (χ3v) is 5.55. The van der Waals surface area contributed by atoms with Crippen LogP contribution in [0.3, 0.4) is 0 Å². The normalized spacial score (nSPS) is 16.7. The van der Waals surface area contributed by atoms with Crippen molar-refractivity contribution in [3.05, 3.63) is 78.6 Å². The lowest BCUT2D eigenvalue weighted by Gasteiger charge is -2.36. The molecule has 1 aromatic carbocycles. The summed E-state index contributed by atoms with van der Waals surface area (Å²) >= 11 is 0. The third-order valence-electron chi connectivity index (χ3n) is 5.55. The van der Waals surface area contributed by atoms with E-state index in [1.54, 1.807) is 6.20 Å². The van der Waals surface area contributed by atoms with Gasteiger partial charge in [0, 0.05) is 25.7 Å². The molecule has 0 saturated carbocycles. The summed E-state index contributed by atoms with van der Waals surface area (Å²) in [5.41, 5.74) is 1.14. The highest BCUT2D eigenvalue weighted by atomic mass is 35.5. The minimum absolute atomic E-state index is 0. The Morgan fingerprint density at radius 2 is 1.86 bits per heavy atom. The van der Waals surface area contributed by atoms with Crippen LogP contribution in [0.2, 0.25) is 0 Å². The number of hydrogen-bond donors (Lipinski definition) is 1. The number of amides is 1. The van der Waals surface area contributed by atoms with Crippen molar-refractivity contribution in [1.29, 1.82) is 0 Å². The molecule has 0 radical (unpaired) electrons. The topological polar surface area (TPSA) is 37.6 Å². The molecule has 2 unspecified atom stereocenters. The number of quaternary nitrogens is 1. The first-order chi connectivity index (χ1) is 13.2. The van der Waals surface area contributed by atoms with E-state index in [9.17, 15) is 4.79 Å². The molecule has 0 bridgehead atoms.